The number of ether oxygens (including phenoxy) is 2. The third-order valence-corrected chi connectivity index (χ3v) is 8.30. The van der Waals surface area contributed by atoms with E-state index in [9.17, 15) is 18.0 Å². The summed E-state index contributed by atoms with van der Waals surface area (Å²) in [4.78, 5) is 28.3. The number of benzene rings is 2. The Balaban J connectivity index is 1.59. The van der Waals surface area contributed by atoms with Gasteiger partial charge in [-0.1, -0.05) is 40.9 Å². The summed E-state index contributed by atoms with van der Waals surface area (Å²) in [6.07, 6.45) is 5.03. The fourth-order valence-electron chi connectivity index (χ4n) is 4.56. The molecule has 11 heteroatoms. The number of amides is 2. The summed E-state index contributed by atoms with van der Waals surface area (Å²) in [5, 5.41) is 3.06. The first-order chi connectivity index (χ1) is 17.6. The SMILES string of the molecule is C[C@H](C(=O)NC1CCCC1)N(Cc1ccc(Br)cc1)C(=O)CN(c1ccc2c(c1)OCCO2)S(C)(=O)=O. The zero-order valence-corrected chi connectivity index (χ0v) is 23.4. The summed E-state index contributed by atoms with van der Waals surface area (Å²) in [5.74, 6) is 0.199. The summed E-state index contributed by atoms with van der Waals surface area (Å²) < 4.78 is 38.6. The third kappa shape index (κ3) is 6.95. The predicted octanol–water partition coefficient (Wildman–Crippen LogP) is 3.46. The van der Waals surface area contributed by atoms with Gasteiger partial charge in [-0.05, 0) is 49.6 Å². The average molecular weight is 595 g/mol. The lowest BCUT2D eigenvalue weighted by Crippen LogP contribution is -2.52. The smallest absolute Gasteiger partial charge is 0.244 e. The first-order valence-electron chi connectivity index (χ1n) is 12.3. The molecule has 9 nitrogen and oxygen atoms in total. The second kappa shape index (κ2) is 11.7. The molecular formula is C26H32BrN3O6S. The van der Waals surface area contributed by atoms with Crippen molar-refractivity contribution in [2.24, 2.45) is 0 Å². The van der Waals surface area contributed by atoms with Gasteiger partial charge in [-0.3, -0.25) is 13.9 Å². The number of fused-ring (bicyclic) bond motifs is 1. The lowest BCUT2D eigenvalue weighted by atomic mass is 10.1. The highest BCUT2D eigenvalue weighted by atomic mass is 79.9. The molecule has 0 radical (unpaired) electrons. The van der Waals surface area contributed by atoms with Gasteiger partial charge in [-0.15, -0.1) is 0 Å². The molecule has 1 aliphatic carbocycles. The van der Waals surface area contributed by atoms with E-state index in [-0.39, 0.29) is 24.2 Å². The molecular weight excluding hydrogens is 562 g/mol. The monoisotopic (exact) mass is 593 g/mol. The van der Waals surface area contributed by atoms with Crippen LogP contribution < -0.4 is 19.1 Å². The van der Waals surface area contributed by atoms with Crippen molar-refractivity contribution in [3.05, 3.63) is 52.5 Å². The van der Waals surface area contributed by atoms with Crippen molar-refractivity contribution in [2.45, 2.75) is 51.2 Å². The summed E-state index contributed by atoms with van der Waals surface area (Å²) in [6.45, 7) is 2.13. The number of hydrogen-bond acceptors (Lipinski definition) is 6. The molecule has 1 atom stereocenters. The maximum Gasteiger partial charge on any atom is 0.244 e. The van der Waals surface area contributed by atoms with Gasteiger partial charge in [-0.25, -0.2) is 8.42 Å². The van der Waals surface area contributed by atoms with Crippen LogP contribution in [0.3, 0.4) is 0 Å². The normalized spacial score (nSPS) is 16.2. The Morgan fingerprint density at radius 1 is 1.05 bits per heavy atom. The van der Waals surface area contributed by atoms with Crippen LogP contribution in [0.1, 0.15) is 38.2 Å². The number of halogens is 1. The van der Waals surface area contributed by atoms with Crippen LogP contribution in [0.15, 0.2) is 46.9 Å². The maximum atomic E-state index is 13.7. The molecule has 2 aromatic rings. The van der Waals surface area contributed by atoms with Crippen LogP contribution in [-0.4, -0.2) is 63.2 Å². The molecule has 0 saturated heterocycles. The van der Waals surface area contributed by atoms with Crippen LogP contribution in [0.4, 0.5) is 5.69 Å². The lowest BCUT2D eigenvalue weighted by Gasteiger charge is -2.32. The summed E-state index contributed by atoms with van der Waals surface area (Å²) in [7, 11) is -3.83. The van der Waals surface area contributed by atoms with Gasteiger partial charge in [-0.2, -0.15) is 0 Å². The van der Waals surface area contributed by atoms with Crippen LogP contribution in [0.5, 0.6) is 11.5 Å². The minimum Gasteiger partial charge on any atom is -0.486 e. The Kier molecular flexibility index (Phi) is 8.63. The fraction of sp³-hybridized carbons (Fsp3) is 0.462. The van der Waals surface area contributed by atoms with E-state index in [0.29, 0.717) is 24.7 Å². The molecule has 0 bridgehead atoms. The van der Waals surface area contributed by atoms with Crippen LogP contribution >= 0.6 is 15.9 Å². The Morgan fingerprint density at radius 2 is 1.70 bits per heavy atom. The van der Waals surface area contributed by atoms with Crippen LogP contribution in [0.2, 0.25) is 0 Å². The number of anilines is 1. The van der Waals surface area contributed by atoms with Gasteiger partial charge in [0, 0.05) is 23.1 Å². The number of nitrogens with one attached hydrogen (secondary N) is 1. The quantitative estimate of drug-likeness (QED) is 0.477. The first kappa shape index (κ1) is 27.3. The number of nitrogens with zero attached hydrogens (tertiary/aromatic N) is 2. The van der Waals surface area contributed by atoms with E-state index in [2.05, 4.69) is 21.2 Å². The Morgan fingerprint density at radius 3 is 2.35 bits per heavy atom. The van der Waals surface area contributed by atoms with Gasteiger partial charge >= 0.3 is 0 Å². The van der Waals surface area contributed by atoms with Crippen molar-refractivity contribution in [3.63, 3.8) is 0 Å². The summed E-state index contributed by atoms with van der Waals surface area (Å²) in [6, 6.07) is 11.5. The van der Waals surface area contributed by atoms with Crippen LogP contribution in [-0.2, 0) is 26.2 Å². The molecule has 0 unspecified atom stereocenters. The van der Waals surface area contributed by atoms with E-state index in [1.165, 1.54) is 4.90 Å². The van der Waals surface area contributed by atoms with Gasteiger partial charge in [0.1, 0.15) is 25.8 Å². The highest BCUT2D eigenvalue weighted by Gasteiger charge is 2.31. The van der Waals surface area contributed by atoms with Gasteiger partial charge in [0.15, 0.2) is 11.5 Å². The third-order valence-electron chi connectivity index (χ3n) is 6.63. The molecule has 1 N–H and O–H groups in total. The van der Waals surface area contributed by atoms with Gasteiger partial charge < -0.3 is 19.7 Å². The minimum atomic E-state index is -3.83. The maximum absolute atomic E-state index is 13.7. The van der Waals surface area contributed by atoms with Gasteiger partial charge in [0.2, 0.25) is 21.8 Å². The second-order valence-corrected chi connectivity index (χ2v) is 12.2. The second-order valence-electron chi connectivity index (χ2n) is 9.41. The molecule has 4 rings (SSSR count). The zero-order valence-electron chi connectivity index (χ0n) is 21.0. The number of carbonyl (C=O) groups is 2. The van der Waals surface area contributed by atoms with Gasteiger partial charge in [0.05, 0.1) is 11.9 Å². The highest BCUT2D eigenvalue weighted by molar-refractivity contribution is 9.10. The topological polar surface area (TPSA) is 105 Å². The number of rotatable bonds is 9. The molecule has 37 heavy (non-hydrogen) atoms. The molecule has 1 saturated carbocycles. The molecule has 2 aromatic carbocycles. The molecule has 2 aliphatic rings. The highest BCUT2D eigenvalue weighted by Crippen LogP contribution is 2.34. The van der Waals surface area contributed by atoms with E-state index >= 15 is 0 Å². The lowest BCUT2D eigenvalue weighted by molar-refractivity contribution is -0.139. The Bertz CT molecular complexity index is 1230. The molecule has 0 spiro atoms. The Hall–Kier alpha value is -2.79. The molecule has 1 heterocycles. The first-order valence-corrected chi connectivity index (χ1v) is 15.0. The van der Waals surface area contributed by atoms with Crippen molar-refractivity contribution in [1.29, 1.82) is 0 Å². The number of hydrogen-bond donors (Lipinski definition) is 1. The molecule has 2 amide bonds. The molecule has 1 fully saturated rings. The zero-order chi connectivity index (χ0) is 26.6. The van der Waals surface area contributed by atoms with E-state index < -0.39 is 28.5 Å². The van der Waals surface area contributed by atoms with Crippen LogP contribution in [0, 0.1) is 0 Å². The van der Waals surface area contributed by atoms with Crippen molar-refractivity contribution in [3.8, 4) is 11.5 Å². The van der Waals surface area contributed by atoms with E-state index in [4.69, 9.17) is 9.47 Å². The Labute approximate surface area is 226 Å². The summed E-state index contributed by atoms with van der Waals surface area (Å²) in [5.41, 5.74) is 1.11. The molecule has 0 aromatic heterocycles. The largest absolute Gasteiger partial charge is 0.486 e. The molecule has 1 aliphatic heterocycles. The standard InChI is InChI=1S/C26H32BrN3O6S/c1-18(26(32)28-21-5-3-4-6-21)29(16-19-7-9-20(27)10-8-19)25(31)17-30(37(2,33)34)22-11-12-23-24(15-22)36-14-13-35-23/h7-12,15,18,21H,3-6,13-14,16-17H2,1-2H3,(H,28,32)/t18-/m1/s1. The van der Waals surface area contributed by atoms with Gasteiger partial charge in [0.25, 0.3) is 0 Å². The van der Waals surface area contributed by atoms with Crippen molar-refractivity contribution < 1.29 is 27.5 Å². The van der Waals surface area contributed by atoms with E-state index in [0.717, 1.165) is 46.3 Å². The minimum absolute atomic E-state index is 0.102. The number of sulfonamides is 1. The summed E-state index contributed by atoms with van der Waals surface area (Å²) >= 11 is 3.41. The van der Waals surface area contributed by atoms with Crippen molar-refractivity contribution in [2.75, 3.05) is 30.3 Å². The number of carbonyl (C=O) groups excluding carboxylic acids is 2. The average Bonchev–Trinajstić information content (AvgIpc) is 3.38. The molecule has 200 valence electrons. The predicted molar refractivity (Wildman–Crippen MR) is 144 cm³/mol. The van der Waals surface area contributed by atoms with Crippen molar-refractivity contribution in [1.82, 2.24) is 10.2 Å². The van der Waals surface area contributed by atoms with Crippen molar-refractivity contribution >= 4 is 43.5 Å². The van der Waals surface area contributed by atoms with E-state index in [1.807, 2.05) is 24.3 Å². The fourth-order valence-corrected chi connectivity index (χ4v) is 5.67. The van der Waals surface area contributed by atoms with E-state index in [1.54, 1.807) is 25.1 Å². The van der Waals surface area contributed by atoms with Crippen LogP contribution in [0.25, 0.3) is 0 Å².